The van der Waals surface area contributed by atoms with Crippen LogP contribution in [0.25, 0.3) is 0 Å². The molecule has 1 amide bonds. The molecular formula is C21H32N6O2. The van der Waals surface area contributed by atoms with Gasteiger partial charge in [0.25, 0.3) is 0 Å². The van der Waals surface area contributed by atoms with Gasteiger partial charge in [-0.25, -0.2) is 4.98 Å². The second-order valence-electron chi connectivity index (χ2n) is 8.21. The molecule has 2 saturated heterocycles. The molecule has 1 unspecified atom stereocenters. The molecule has 0 aliphatic carbocycles. The van der Waals surface area contributed by atoms with Gasteiger partial charge < -0.3 is 14.2 Å². The lowest BCUT2D eigenvalue weighted by molar-refractivity contribution is -0.149. The third kappa shape index (κ3) is 4.53. The fourth-order valence-electron chi connectivity index (χ4n) is 4.52. The number of hydrogen-bond acceptors (Lipinski definition) is 5. The van der Waals surface area contributed by atoms with Crippen LogP contribution >= 0.6 is 0 Å². The molecular weight excluding hydrogens is 368 g/mol. The number of amides is 1. The summed E-state index contributed by atoms with van der Waals surface area (Å²) in [6.45, 7) is 10.6. The molecule has 0 N–H and O–H groups in total. The molecule has 2 aliphatic heterocycles. The maximum atomic E-state index is 12.8. The van der Waals surface area contributed by atoms with Crippen LogP contribution in [-0.4, -0.2) is 80.0 Å². The van der Waals surface area contributed by atoms with Crippen molar-refractivity contribution >= 4 is 5.91 Å². The SMILES string of the molecule is CCc1nccn1CCC(=O)N1CCOC2(CCN(CCn3nccc3C)C2)C1. The Hall–Kier alpha value is -2.19. The van der Waals surface area contributed by atoms with Crippen molar-refractivity contribution in [3.05, 3.63) is 36.2 Å². The van der Waals surface area contributed by atoms with Crippen molar-refractivity contribution in [2.24, 2.45) is 0 Å². The van der Waals surface area contributed by atoms with E-state index >= 15 is 0 Å². The van der Waals surface area contributed by atoms with Gasteiger partial charge in [-0.3, -0.25) is 14.4 Å². The standard InChI is InChI=1S/C21H32N6O2/c1-3-19-22-8-11-25(19)9-5-20(28)26-14-15-29-21(17-26)6-10-24(16-21)12-13-27-18(2)4-7-23-27/h4,7-8,11H,3,5-6,9-10,12-17H2,1-2H3. The number of aryl methyl sites for hydroxylation is 3. The van der Waals surface area contributed by atoms with Gasteiger partial charge in [0.05, 0.1) is 25.3 Å². The normalized spacial score (nSPS) is 22.6. The van der Waals surface area contributed by atoms with Crippen molar-refractivity contribution in [2.75, 3.05) is 39.3 Å². The molecule has 2 aromatic rings. The third-order valence-electron chi connectivity index (χ3n) is 6.24. The molecule has 0 bridgehead atoms. The van der Waals surface area contributed by atoms with Crippen molar-refractivity contribution in [1.29, 1.82) is 0 Å². The van der Waals surface area contributed by atoms with Crippen LogP contribution < -0.4 is 0 Å². The van der Waals surface area contributed by atoms with Gasteiger partial charge in [-0.2, -0.15) is 5.10 Å². The zero-order chi connectivity index (χ0) is 20.3. The third-order valence-corrected chi connectivity index (χ3v) is 6.24. The molecule has 2 aliphatic rings. The van der Waals surface area contributed by atoms with Crippen molar-refractivity contribution in [2.45, 2.75) is 51.8 Å². The summed E-state index contributed by atoms with van der Waals surface area (Å²) >= 11 is 0. The van der Waals surface area contributed by atoms with Crippen LogP contribution in [0.1, 0.15) is 31.3 Å². The zero-order valence-corrected chi connectivity index (χ0v) is 17.6. The van der Waals surface area contributed by atoms with E-state index in [4.69, 9.17) is 4.74 Å². The van der Waals surface area contributed by atoms with Gasteiger partial charge in [-0.1, -0.05) is 6.92 Å². The minimum absolute atomic E-state index is 0.212. The van der Waals surface area contributed by atoms with Crippen molar-refractivity contribution < 1.29 is 9.53 Å². The van der Waals surface area contributed by atoms with Gasteiger partial charge in [-0.05, 0) is 19.4 Å². The Labute approximate surface area is 172 Å². The van der Waals surface area contributed by atoms with Gasteiger partial charge in [0.2, 0.25) is 5.91 Å². The highest BCUT2D eigenvalue weighted by atomic mass is 16.5. The molecule has 158 valence electrons. The number of aromatic nitrogens is 4. The summed E-state index contributed by atoms with van der Waals surface area (Å²) in [4.78, 5) is 21.6. The molecule has 29 heavy (non-hydrogen) atoms. The number of hydrogen-bond donors (Lipinski definition) is 0. The van der Waals surface area contributed by atoms with Crippen molar-refractivity contribution in [3.63, 3.8) is 0 Å². The van der Waals surface area contributed by atoms with E-state index in [1.54, 1.807) is 0 Å². The molecule has 1 atom stereocenters. The first-order valence-electron chi connectivity index (χ1n) is 10.7. The first-order chi connectivity index (χ1) is 14.1. The van der Waals surface area contributed by atoms with Crippen molar-refractivity contribution in [3.8, 4) is 0 Å². The van der Waals surface area contributed by atoms with E-state index < -0.39 is 0 Å². The van der Waals surface area contributed by atoms with E-state index in [-0.39, 0.29) is 11.5 Å². The number of imidazole rings is 1. The Balaban J connectivity index is 1.28. The smallest absolute Gasteiger partial charge is 0.224 e. The molecule has 8 nitrogen and oxygen atoms in total. The maximum absolute atomic E-state index is 12.8. The molecule has 4 rings (SSSR count). The first kappa shape index (κ1) is 20.1. The molecule has 0 radical (unpaired) electrons. The topological polar surface area (TPSA) is 68.4 Å². The fourth-order valence-corrected chi connectivity index (χ4v) is 4.52. The van der Waals surface area contributed by atoms with Crippen LogP contribution in [0.4, 0.5) is 0 Å². The Kier molecular flexibility index (Phi) is 6.01. The van der Waals surface area contributed by atoms with Gasteiger partial charge in [0, 0.05) is 69.8 Å². The molecule has 0 saturated carbocycles. The van der Waals surface area contributed by atoms with Crippen LogP contribution in [-0.2, 0) is 29.0 Å². The minimum atomic E-state index is -0.212. The highest BCUT2D eigenvalue weighted by Gasteiger charge is 2.43. The lowest BCUT2D eigenvalue weighted by atomic mass is 10.0. The fraction of sp³-hybridized carbons (Fsp3) is 0.667. The molecule has 2 aromatic heterocycles. The van der Waals surface area contributed by atoms with Crippen LogP contribution in [0.5, 0.6) is 0 Å². The van der Waals surface area contributed by atoms with Gasteiger partial charge in [0.1, 0.15) is 5.82 Å². The Morgan fingerprint density at radius 3 is 2.90 bits per heavy atom. The molecule has 2 fully saturated rings. The van der Waals surface area contributed by atoms with E-state index in [1.165, 1.54) is 5.69 Å². The van der Waals surface area contributed by atoms with E-state index in [2.05, 4.69) is 33.4 Å². The number of likely N-dealkylation sites (tertiary alicyclic amines) is 1. The number of ether oxygens (including phenoxy) is 1. The summed E-state index contributed by atoms with van der Waals surface area (Å²) < 4.78 is 10.3. The Bertz CT molecular complexity index is 831. The number of rotatable bonds is 7. The van der Waals surface area contributed by atoms with E-state index in [9.17, 15) is 4.79 Å². The predicted molar refractivity (Wildman–Crippen MR) is 110 cm³/mol. The van der Waals surface area contributed by atoms with Gasteiger partial charge in [-0.15, -0.1) is 0 Å². The summed E-state index contributed by atoms with van der Waals surface area (Å²) in [6, 6.07) is 2.03. The number of morpholine rings is 1. The first-order valence-corrected chi connectivity index (χ1v) is 10.7. The zero-order valence-electron chi connectivity index (χ0n) is 17.6. The van der Waals surface area contributed by atoms with Gasteiger partial charge in [0.15, 0.2) is 0 Å². The minimum Gasteiger partial charge on any atom is -0.370 e. The summed E-state index contributed by atoms with van der Waals surface area (Å²) in [5.74, 6) is 1.25. The second-order valence-corrected chi connectivity index (χ2v) is 8.21. The molecule has 8 heteroatoms. The summed E-state index contributed by atoms with van der Waals surface area (Å²) in [6.07, 6.45) is 8.00. The quantitative estimate of drug-likeness (QED) is 0.702. The van der Waals surface area contributed by atoms with E-state index in [0.29, 0.717) is 32.7 Å². The van der Waals surface area contributed by atoms with E-state index in [1.807, 2.05) is 34.2 Å². The van der Waals surface area contributed by atoms with Crippen LogP contribution in [0.2, 0.25) is 0 Å². The average Bonchev–Trinajstić information content (AvgIpc) is 3.45. The summed E-state index contributed by atoms with van der Waals surface area (Å²) in [5.41, 5.74) is 0.977. The highest BCUT2D eigenvalue weighted by Crippen LogP contribution is 2.29. The van der Waals surface area contributed by atoms with E-state index in [0.717, 1.165) is 44.8 Å². The molecule has 1 spiro atoms. The number of carbonyl (C=O) groups excluding carboxylic acids is 1. The predicted octanol–water partition coefficient (Wildman–Crippen LogP) is 1.34. The maximum Gasteiger partial charge on any atom is 0.224 e. The monoisotopic (exact) mass is 400 g/mol. The highest BCUT2D eigenvalue weighted by molar-refractivity contribution is 5.76. The molecule has 0 aromatic carbocycles. The number of nitrogens with zero attached hydrogens (tertiary/aromatic N) is 6. The lowest BCUT2D eigenvalue weighted by Crippen LogP contribution is -2.55. The van der Waals surface area contributed by atoms with Crippen LogP contribution in [0.3, 0.4) is 0 Å². The van der Waals surface area contributed by atoms with Crippen LogP contribution in [0, 0.1) is 6.92 Å². The number of carbonyl (C=O) groups is 1. The second kappa shape index (κ2) is 8.67. The van der Waals surface area contributed by atoms with Gasteiger partial charge >= 0.3 is 0 Å². The van der Waals surface area contributed by atoms with Crippen LogP contribution in [0.15, 0.2) is 24.7 Å². The summed E-state index contributed by atoms with van der Waals surface area (Å²) in [7, 11) is 0. The van der Waals surface area contributed by atoms with Crippen molar-refractivity contribution in [1.82, 2.24) is 29.1 Å². The lowest BCUT2D eigenvalue weighted by Gasteiger charge is -2.40. The largest absolute Gasteiger partial charge is 0.370 e. The summed E-state index contributed by atoms with van der Waals surface area (Å²) in [5, 5.41) is 4.37. The Morgan fingerprint density at radius 1 is 1.21 bits per heavy atom. The Morgan fingerprint density at radius 2 is 2.10 bits per heavy atom. The molecule has 4 heterocycles. The average molecular weight is 401 g/mol.